The van der Waals surface area contributed by atoms with E-state index in [0.29, 0.717) is 35.0 Å². The van der Waals surface area contributed by atoms with Crippen LogP contribution >= 0.6 is 0 Å². The van der Waals surface area contributed by atoms with Gasteiger partial charge in [0.1, 0.15) is 17.4 Å². The van der Waals surface area contributed by atoms with Crippen molar-refractivity contribution in [2.75, 3.05) is 23.9 Å². The van der Waals surface area contributed by atoms with Crippen LogP contribution in [0.15, 0.2) is 59.8 Å². The molecule has 4 aromatic rings. The smallest absolute Gasteiger partial charge is 0.293 e. The third-order valence-electron chi connectivity index (χ3n) is 6.03. The molecule has 1 atom stereocenters. The van der Waals surface area contributed by atoms with E-state index < -0.39 is 15.9 Å². The fraction of sp³-hybridized carbons (Fsp3) is 0.217. The van der Waals surface area contributed by atoms with Crippen molar-refractivity contribution in [2.24, 2.45) is 5.14 Å². The van der Waals surface area contributed by atoms with Crippen LogP contribution in [0.4, 0.5) is 15.9 Å². The van der Waals surface area contributed by atoms with Gasteiger partial charge in [-0.15, -0.1) is 10.2 Å². The first-order chi connectivity index (χ1) is 17.2. The highest BCUT2D eigenvalue weighted by atomic mass is 32.2. The molecule has 3 heterocycles. The van der Waals surface area contributed by atoms with Crippen LogP contribution in [0.2, 0.25) is 0 Å². The minimum atomic E-state index is -3.85. The number of methoxy groups -OCH3 is 1. The fourth-order valence-electron chi connectivity index (χ4n) is 4.28. The summed E-state index contributed by atoms with van der Waals surface area (Å²) < 4.78 is 44.3. The van der Waals surface area contributed by atoms with Gasteiger partial charge in [0.15, 0.2) is 5.65 Å². The number of nitrogens with two attached hydrogens (primary N) is 1. The van der Waals surface area contributed by atoms with Crippen LogP contribution in [0.1, 0.15) is 35.1 Å². The van der Waals surface area contributed by atoms with Crippen LogP contribution in [0.25, 0.3) is 5.65 Å². The number of rotatable bonds is 6. The second-order valence-electron chi connectivity index (χ2n) is 8.26. The van der Waals surface area contributed by atoms with E-state index in [9.17, 15) is 17.6 Å². The number of fused-ring (bicyclic) bond motifs is 1. The number of ether oxygens (including phenoxy) is 1. The first kappa shape index (κ1) is 23.6. The molecule has 2 aromatic heterocycles. The molecule has 1 amide bonds. The highest BCUT2D eigenvalue weighted by molar-refractivity contribution is 7.89. The molecule has 2 aromatic carbocycles. The van der Waals surface area contributed by atoms with Crippen LogP contribution in [-0.4, -0.2) is 47.6 Å². The van der Waals surface area contributed by atoms with Crippen LogP contribution in [0.3, 0.4) is 0 Å². The zero-order valence-electron chi connectivity index (χ0n) is 19.1. The van der Waals surface area contributed by atoms with Crippen molar-refractivity contribution in [1.82, 2.24) is 19.6 Å². The van der Waals surface area contributed by atoms with Crippen LogP contribution in [-0.2, 0) is 10.0 Å². The van der Waals surface area contributed by atoms with E-state index in [2.05, 4.69) is 20.5 Å². The molecule has 0 saturated carbocycles. The van der Waals surface area contributed by atoms with Gasteiger partial charge in [0.05, 0.1) is 30.4 Å². The van der Waals surface area contributed by atoms with Gasteiger partial charge in [-0.25, -0.2) is 22.9 Å². The standard InChI is InChI=1S/C23H22FN7O4S/c1-35-15-6-9-18(24)17(11-15)19-3-2-10-30(19)21-13-31-20(12-26-21)28-29-22(31)23(32)27-14-4-7-16(8-5-14)36(25,33)34/h4-9,11-13,19H,2-3,10H2,1H3,(H,27,32)(H2,25,33,34)/t19-/m1/s1. The van der Waals surface area contributed by atoms with Crippen LogP contribution in [0.5, 0.6) is 5.75 Å². The lowest BCUT2D eigenvalue weighted by Crippen LogP contribution is -2.25. The summed E-state index contributed by atoms with van der Waals surface area (Å²) in [6.45, 7) is 0.653. The van der Waals surface area contributed by atoms with Crippen molar-refractivity contribution in [3.8, 4) is 5.75 Å². The highest BCUT2D eigenvalue weighted by Gasteiger charge is 2.30. The molecular weight excluding hydrogens is 489 g/mol. The van der Waals surface area contributed by atoms with Crippen LogP contribution in [0, 0.1) is 5.82 Å². The molecule has 1 saturated heterocycles. The Balaban J connectivity index is 1.43. The van der Waals surface area contributed by atoms with E-state index >= 15 is 0 Å². The van der Waals surface area contributed by atoms with E-state index in [0.717, 1.165) is 12.8 Å². The van der Waals surface area contributed by atoms with E-state index in [4.69, 9.17) is 9.88 Å². The number of nitrogens with zero attached hydrogens (tertiary/aromatic N) is 5. The van der Waals surface area contributed by atoms with E-state index in [1.807, 2.05) is 4.90 Å². The predicted octanol–water partition coefficient (Wildman–Crippen LogP) is 2.51. The van der Waals surface area contributed by atoms with E-state index in [1.165, 1.54) is 48.0 Å². The molecule has 0 unspecified atom stereocenters. The Morgan fingerprint density at radius 3 is 2.69 bits per heavy atom. The van der Waals surface area contributed by atoms with Gasteiger partial charge in [0, 0.05) is 17.8 Å². The molecule has 1 fully saturated rings. The van der Waals surface area contributed by atoms with Crippen molar-refractivity contribution in [3.63, 3.8) is 0 Å². The number of amides is 1. The van der Waals surface area contributed by atoms with Gasteiger partial charge < -0.3 is 15.0 Å². The van der Waals surface area contributed by atoms with Gasteiger partial charge in [-0.3, -0.25) is 9.20 Å². The van der Waals surface area contributed by atoms with E-state index in [-0.39, 0.29) is 22.6 Å². The average molecular weight is 512 g/mol. The van der Waals surface area contributed by atoms with Crippen LogP contribution < -0.4 is 20.1 Å². The maximum absolute atomic E-state index is 14.7. The summed E-state index contributed by atoms with van der Waals surface area (Å²) in [6.07, 6.45) is 4.71. The highest BCUT2D eigenvalue weighted by Crippen LogP contribution is 2.37. The first-order valence-corrected chi connectivity index (χ1v) is 12.5. The number of nitrogens with one attached hydrogen (secondary N) is 1. The summed E-state index contributed by atoms with van der Waals surface area (Å²) >= 11 is 0. The number of carbonyl (C=O) groups is 1. The van der Waals surface area contributed by atoms with Gasteiger partial charge in [-0.2, -0.15) is 0 Å². The molecule has 0 radical (unpaired) electrons. The Hall–Kier alpha value is -4.10. The zero-order chi connectivity index (χ0) is 25.4. The lowest BCUT2D eigenvalue weighted by molar-refractivity contribution is 0.101. The number of halogens is 1. The molecule has 1 aliphatic rings. The number of sulfonamides is 1. The molecule has 1 aliphatic heterocycles. The second-order valence-corrected chi connectivity index (χ2v) is 9.82. The molecule has 13 heteroatoms. The third-order valence-corrected chi connectivity index (χ3v) is 6.96. The number of primary sulfonamides is 1. The molecule has 36 heavy (non-hydrogen) atoms. The summed E-state index contributed by atoms with van der Waals surface area (Å²) in [5, 5.41) is 15.8. The maximum atomic E-state index is 14.7. The van der Waals surface area contributed by atoms with Gasteiger partial charge in [-0.05, 0) is 55.3 Å². The quantitative estimate of drug-likeness (QED) is 0.402. The van der Waals surface area contributed by atoms with E-state index in [1.54, 1.807) is 18.3 Å². The maximum Gasteiger partial charge on any atom is 0.293 e. The SMILES string of the molecule is COc1ccc(F)c([C@H]2CCCN2c2cn3c(C(=O)Nc4ccc(S(N)(=O)=O)cc4)nnc3cn2)c1. The molecule has 11 nitrogen and oxygen atoms in total. The van der Waals surface area contributed by atoms with Crippen molar-refractivity contribution in [1.29, 1.82) is 0 Å². The predicted molar refractivity (Wildman–Crippen MR) is 129 cm³/mol. The fourth-order valence-corrected chi connectivity index (χ4v) is 4.79. The number of aromatic nitrogens is 4. The second kappa shape index (κ2) is 9.17. The summed E-state index contributed by atoms with van der Waals surface area (Å²) in [6, 6.07) is 9.83. The molecule has 0 aliphatic carbocycles. The summed E-state index contributed by atoms with van der Waals surface area (Å²) in [5.41, 5.74) is 1.22. The van der Waals surface area contributed by atoms with Gasteiger partial charge in [0.25, 0.3) is 5.91 Å². The third kappa shape index (κ3) is 4.45. The largest absolute Gasteiger partial charge is 0.497 e. The van der Waals surface area contributed by atoms with Crippen molar-refractivity contribution < 1.29 is 22.3 Å². The first-order valence-electron chi connectivity index (χ1n) is 11.0. The Kier molecular flexibility index (Phi) is 6.02. The molecule has 0 bridgehead atoms. The average Bonchev–Trinajstić information content (AvgIpc) is 3.51. The Bertz CT molecular complexity index is 1560. The summed E-state index contributed by atoms with van der Waals surface area (Å²) in [5.74, 6) is 0.231. The normalized spacial score (nSPS) is 15.9. The summed E-state index contributed by atoms with van der Waals surface area (Å²) in [7, 11) is -2.31. The minimum Gasteiger partial charge on any atom is -0.497 e. The molecule has 0 spiro atoms. The zero-order valence-corrected chi connectivity index (χ0v) is 19.9. The Labute approximate surface area is 205 Å². The molecule has 186 valence electrons. The topological polar surface area (TPSA) is 145 Å². The Morgan fingerprint density at radius 1 is 1.19 bits per heavy atom. The number of hydrogen-bond donors (Lipinski definition) is 2. The lowest BCUT2D eigenvalue weighted by atomic mass is 10.0. The van der Waals surface area contributed by atoms with Gasteiger partial charge in [0.2, 0.25) is 15.8 Å². The lowest BCUT2D eigenvalue weighted by Gasteiger charge is -2.26. The minimum absolute atomic E-state index is 0.00693. The Morgan fingerprint density at radius 2 is 1.97 bits per heavy atom. The number of benzene rings is 2. The molecule has 5 rings (SSSR count). The van der Waals surface area contributed by atoms with Crippen molar-refractivity contribution in [2.45, 2.75) is 23.8 Å². The van der Waals surface area contributed by atoms with Gasteiger partial charge >= 0.3 is 0 Å². The number of carbonyl (C=O) groups excluding carboxylic acids is 1. The van der Waals surface area contributed by atoms with Crippen molar-refractivity contribution in [3.05, 3.63) is 72.1 Å². The monoisotopic (exact) mass is 511 g/mol. The summed E-state index contributed by atoms with van der Waals surface area (Å²) in [4.78, 5) is 19.3. The van der Waals surface area contributed by atoms with Crippen molar-refractivity contribution >= 4 is 33.1 Å². The molecule has 3 N–H and O–H groups in total. The number of anilines is 2. The van der Waals surface area contributed by atoms with Gasteiger partial charge in [-0.1, -0.05) is 0 Å². The number of hydrogen-bond acceptors (Lipinski definition) is 8. The molecular formula is C23H22FN7O4S.